The molecule has 0 aliphatic carbocycles. The Labute approximate surface area is 296 Å². The number of hydrogen-bond acceptors (Lipinski definition) is 8. The number of carbonyl (C=O) groups is 3. The van der Waals surface area contributed by atoms with Crippen molar-refractivity contribution in [2.45, 2.75) is 32.2 Å². The molecule has 1 fully saturated rings. The van der Waals surface area contributed by atoms with Gasteiger partial charge in [0.25, 0.3) is 11.8 Å². The van der Waals surface area contributed by atoms with Crippen molar-refractivity contribution in [1.82, 2.24) is 39.1 Å². The number of carbonyl (C=O) groups excluding carboxylic acids is 3. The first kappa shape index (κ1) is 33.0. The van der Waals surface area contributed by atoms with Crippen molar-refractivity contribution in [2.75, 3.05) is 25.5 Å². The van der Waals surface area contributed by atoms with E-state index in [4.69, 9.17) is 27.9 Å². The molecule has 0 saturated carbocycles. The highest BCUT2D eigenvalue weighted by Crippen LogP contribution is 2.34. The molecule has 2 aromatic carbocycles. The van der Waals surface area contributed by atoms with Gasteiger partial charge in [-0.05, 0) is 56.3 Å². The number of aromatic nitrogens is 7. The van der Waals surface area contributed by atoms with Gasteiger partial charge in [-0.3, -0.25) is 9.59 Å². The minimum atomic E-state index is -1.17. The van der Waals surface area contributed by atoms with E-state index in [2.05, 4.69) is 25.7 Å². The van der Waals surface area contributed by atoms with Crippen LogP contribution < -0.4 is 5.32 Å². The summed E-state index contributed by atoms with van der Waals surface area (Å²) in [6.45, 7) is 4.30. The van der Waals surface area contributed by atoms with Crippen LogP contribution in [0.3, 0.4) is 0 Å². The molecule has 1 saturated heterocycles. The highest BCUT2D eigenvalue weighted by atomic mass is 35.5. The zero-order valence-electron chi connectivity index (χ0n) is 27.3. The van der Waals surface area contributed by atoms with Gasteiger partial charge in [-0.25, -0.2) is 19.0 Å². The van der Waals surface area contributed by atoms with E-state index in [0.717, 1.165) is 17.0 Å². The molecule has 7 rings (SSSR count). The Morgan fingerprint density at radius 2 is 1.68 bits per heavy atom. The van der Waals surface area contributed by atoms with E-state index in [1.54, 1.807) is 81.0 Å². The number of halogens is 2. The molecular formula is C35H31Cl2N9O4. The van der Waals surface area contributed by atoms with Crippen LogP contribution in [0, 0.1) is 13.8 Å². The molecule has 0 bridgehead atoms. The van der Waals surface area contributed by atoms with Crippen LogP contribution in [0.1, 0.15) is 45.1 Å². The summed E-state index contributed by atoms with van der Waals surface area (Å²) in [7, 11) is 1.33. The predicted octanol–water partition coefficient (Wildman–Crippen LogP) is 5.76. The second kappa shape index (κ2) is 13.1. The Morgan fingerprint density at radius 1 is 0.960 bits per heavy atom. The summed E-state index contributed by atoms with van der Waals surface area (Å²) >= 11 is 12.9. The topological polar surface area (TPSA) is 142 Å². The van der Waals surface area contributed by atoms with Gasteiger partial charge in [0.05, 0.1) is 35.2 Å². The van der Waals surface area contributed by atoms with Gasteiger partial charge in [-0.2, -0.15) is 5.10 Å². The maximum Gasteiger partial charge on any atom is 0.334 e. The molecule has 1 aliphatic heterocycles. The number of likely N-dealkylation sites (tertiary alicyclic amines) is 1. The van der Waals surface area contributed by atoms with Crippen LogP contribution in [-0.4, -0.2) is 77.0 Å². The molecule has 2 amide bonds. The van der Waals surface area contributed by atoms with E-state index in [-0.39, 0.29) is 37.7 Å². The van der Waals surface area contributed by atoms with Crippen LogP contribution in [0.25, 0.3) is 22.6 Å². The van der Waals surface area contributed by atoms with Crippen LogP contribution in [0.5, 0.6) is 0 Å². The Bertz CT molecular complexity index is 2250. The van der Waals surface area contributed by atoms with Gasteiger partial charge in [0.2, 0.25) is 0 Å². The fourth-order valence-electron chi connectivity index (χ4n) is 6.39. The number of ether oxygens (including phenoxy) is 1. The van der Waals surface area contributed by atoms with Crippen LogP contribution in [-0.2, 0) is 15.1 Å². The van der Waals surface area contributed by atoms with Gasteiger partial charge < -0.3 is 19.5 Å². The summed E-state index contributed by atoms with van der Waals surface area (Å²) in [6.07, 6.45) is 5.44. The van der Waals surface area contributed by atoms with Crippen molar-refractivity contribution >= 4 is 52.3 Å². The SMILES string of the molecule is COC(=O)C1(n2cc(-c3ccc(NC(=O)c4cnn5c(C)cc(C)nc45)cc3)nn2)CCN(C(=O)c2cccn2-c2c(Cl)cccc2Cl)CC1. The maximum absolute atomic E-state index is 13.7. The molecule has 0 unspecified atom stereocenters. The van der Waals surface area contributed by atoms with Gasteiger partial charge in [-0.15, -0.1) is 5.10 Å². The van der Waals surface area contributed by atoms with Crippen LogP contribution in [0.2, 0.25) is 10.0 Å². The Kier molecular flexibility index (Phi) is 8.62. The van der Waals surface area contributed by atoms with Gasteiger partial charge in [0, 0.05) is 54.8 Å². The summed E-state index contributed by atoms with van der Waals surface area (Å²) in [5.74, 6) is -1.03. The van der Waals surface area contributed by atoms with Crippen molar-refractivity contribution < 1.29 is 19.1 Å². The Morgan fingerprint density at radius 3 is 2.38 bits per heavy atom. The fourth-order valence-corrected chi connectivity index (χ4v) is 6.97. The molecule has 1 N–H and O–H groups in total. The van der Waals surface area contributed by atoms with Crippen molar-refractivity contribution in [3.05, 3.63) is 112 Å². The molecule has 5 heterocycles. The number of nitrogens with one attached hydrogen (secondary N) is 1. The second-order valence-corrected chi connectivity index (χ2v) is 12.9. The van der Waals surface area contributed by atoms with Gasteiger partial charge in [0.15, 0.2) is 11.2 Å². The van der Waals surface area contributed by atoms with E-state index in [1.807, 2.05) is 19.9 Å². The number of amides is 2. The number of nitrogens with zero attached hydrogens (tertiary/aromatic N) is 8. The van der Waals surface area contributed by atoms with E-state index in [1.165, 1.54) is 18.0 Å². The zero-order chi connectivity index (χ0) is 35.2. The molecule has 50 heavy (non-hydrogen) atoms. The molecule has 4 aromatic heterocycles. The number of methoxy groups -OCH3 is 1. The smallest absolute Gasteiger partial charge is 0.334 e. The molecule has 15 heteroatoms. The molecule has 254 valence electrons. The highest BCUT2D eigenvalue weighted by Gasteiger charge is 2.46. The number of para-hydroxylation sites is 1. The van der Waals surface area contributed by atoms with Gasteiger partial charge in [0.1, 0.15) is 17.0 Å². The van der Waals surface area contributed by atoms with Crippen LogP contribution in [0.15, 0.2) is 79.3 Å². The number of rotatable bonds is 7. The number of benzene rings is 2. The molecule has 1 aliphatic rings. The lowest BCUT2D eigenvalue weighted by atomic mass is 9.87. The zero-order valence-corrected chi connectivity index (χ0v) is 28.8. The third-order valence-electron chi connectivity index (χ3n) is 8.98. The van der Waals surface area contributed by atoms with Crippen molar-refractivity contribution in [1.29, 1.82) is 0 Å². The third-order valence-corrected chi connectivity index (χ3v) is 9.59. The van der Waals surface area contributed by atoms with Gasteiger partial charge >= 0.3 is 5.97 Å². The number of esters is 1. The van der Waals surface area contributed by atoms with E-state index in [0.29, 0.717) is 44.0 Å². The molecule has 6 aromatic rings. The standard InChI is InChI=1S/C35H31Cl2N9O4/c1-21-18-22(2)46-31(39-21)25(19-38-46)32(47)40-24-11-9-23(10-12-24)28-20-45(42-41-28)35(34(49)50-3)13-16-43(17-14-35)33(48)29-8-5-15-44(29)30-26(36)6-4-7-27(30)37/h4-12,15,18-20H,13-14,16-17H2,1-3H3,(H,40,47). The molecular weight excluding hydrogens is 681 g/mol. The largest absolute Gasteiger partial charge is 0.467 e. The average molecular weight is 713 g/mol. The first-order valence-electron chi connectivity index (χ1n) is 15.8. The monoisotopic (exact) mass is 711 g/mol. The minimum Gasteiger partial charge on any atom is -0.467 e. The number of anilines is 1. The van der Waals surface area contributed by atoms with Crippen LogP contribution in [0.4, 0.5) is 5.69 Å². The molecule has 13 nitrogen and oxygen atoms in total. The lowest BCUT2D eigenvalue weighted by Gasteiger charge is -2.39. The van der Waals surface area contributed by atoms with Crippen LogP contribution >= 0.6 is 23.2 Å². The summed E-state index contributed by atoms with van der Waals surface area (Å²) < 4.78 is 10.1. The van der Waals surface area contributed by atoms with E-state index in [9.17, 15) is 14.4 Å². The number of aryl methyl sites for hydroxylation is 2. The first-order valence-corrected chi connectivity index (χ1v) is 16.5. The maximum atomic E-state index is 13.7. The van der Waals surface area contributed by atoms with Gasteiger partial charge in [-0.1, -0.05) is 46.6 Å². The van der Waals surface area contributed by atoms with Crippen molar-refractivity contribution in [3.8, 4) is 16.9 Å². The minimum absolute atomic E-state index is 0.223. The highest BCUT2D eigenvalue weighted by molar-refractivity contribution is 6.37. The normalized spacial score (nSPS) is 14.1. The third kappa shape index (κ3) is 5.77. The van der Waals surface area contributed by atoms with E-state index < -0.39 is 11.5 Å². The van der Waals surface area contributed by atoms with Crippen molar-refractivity contribution in [2.24, 2.45) is 0 Å². The molecule has 0 spiro atoms. The Balaban J connectivity index is 1.07. The first-order chi connectivity index (χ1) is 24.1. The second-order valence-electron chi connectivity index (χ2n) is 12.1. The fraction of sp³-hybridized carbons (Fsp3) is 0.229. The summed E-state index contributed by atoms with van der Waals surface area (Å²) in [6, 6.07) is 17.7. The van der Waals surface area contributed by atoms with Crippen molar-refractivity contribution in [3.63, 3.8) is 0 Å². The number of piperidine rings is 1. The predicted molar refractivity (Wildman–Crippen MR) is 187 cm³/mol. The van der Waals surface area contributed by atoms with E-state index >= 15 is 0 Å². The lowest BCUT2D eigenvalue weighted by Crippen LogP contribution is -2.53. The quantitative estimate of drug-likeness (QED) is 0.206. The molecule has 0 atom stereocenters. The summed E-state index contributed by atoms with van der Waals surface area (Å²) in [5, 5.41) is 16.7. The average Bonchev–Trinajstić information content (AvgIpc) is 3.89. The summed E-state index contributed by atoms with van der Waals surface area (Å²) in [4.78, 5) is 46.3. The lowest BCUT2D eigenvalue weighted by molar-refractivity contribution is -0.154. The molecule has 0 radical (unpaired) electrons. The number of hydrogen-bond donors (Lipinski definition) is 1. The summed E-state index contributed by atoms with van der Waals surface area (Å²) in [5.41, 5.74) is 4.09. The number of fused-ring (bicyclic) bond motifs is 1. The Hall–Kier alpha value is -5.53.